The average Bonchev–Trinajstić information content (AvgIpc) is 2.71. The van der Waals surface area contributed by atoms with Gasteiger partial charge >= 0.3 is 0 Å². The molecule has 8 heteroatoms. The molecule has 1 aromatic carbocycles. The predicted molar refractivity (Wildman–Crippen MR) is 82.0 cm³/mol. The van der Waals surface area contributed by atoms with Gasteiger partial charge in [0, 0.05) is 25.2 Å². The van der Waals surface area contributed by atoms with Crippen LogP contribution in [0.3, 0.4) is 0 Å². The van der Waals surface area contributed by atoms with Crippen LogP contribution in [0.25, 0.3) is 0 Å². The molecule has 2 aliphatic rings. The normalized spacial score (nSPS) is 26.2. The number of hydrogen-bond acceptors (Lipinski definition) is 3. The molecule has 1 N–H and O–H groups in total. The summed E-state index contributed by atoms with van der Waals surface area (Å²) in [4.78, 5) is -0.331. The summed E-state index contributed by atoms with van der Waals surface area (Å²) in [5.74, 6) is -0.864. The van der Waals surface area contributed by atoms with E-state index in [1.165, 1.54) is 22.5 Å². The summed E-state index contributed by atoms with van der Waals surface area (Å²) in [5.41, 5.74) is 0. The van der Waals surface area contributed by atoms with Crippen LogP contribution in [0.5, 0.6) is 0 Å². The highest BCUT2D eigenvalue weighted by atomic mass is 35.5. The summed E-state index contributed by atoms with van der Waals surface area (Å²) in [6, 6.07) is 4.62. The third-order valence-corrected chi connectivity index (χ3v) is 6.19. The highest BCUT2D eigenvalue weighted by molar-refractivity contribution is 7.89. The van der Waals surface area contributed by atoms with E-state index in [0.29, 0.717) is 19.1 Å². The van der Waals surface area contributed by atoms with Crippen LogP contribution in [0.1, 0.15) is 19.3 Å². The Balaban J connectivity index is 0.00000161. The Morgan fingerprint density at radius 1 is 1.24 bits per heavy atom. The molecule has 0 aromatic heterocycles. The zero-order valence-electron chi connectivity index (χ0n) is 11.3. The van der Waals surface area contributed by atoms with Gasteiger partial charge in [-0.15, -0.1) is 12.4 Å². The molecule has 2 aliphatic heterocycles. The van der Waals surface area contributed by atoms with E-state index in [2.05, 4.69) is 5.32 Å². The van der Waals surface area contributed by atoms with Crippen LogP contribution in [0.15, 0.2) is 23.1 Å². The second-order valence-corrected chi connectivity index (χ2v) is 7.66. The van der Waals surface area contributed by atoms with Crippen molar-refractivity contribution in [2.75, 3.05) is 13.1 Å². The van der Waals surface area contributed by atoms with Crippen molar-refractivity contribution >= 4 is 34.0 Å². The molecular formula is C13H17Cl2FN2O2S. The Labute approximate surface area is 135 Å². The molecule has 4 nitrogen and oxygen atoms in total. The quantitative estimate of drug-likeness (QED) is 0.887. The van der Waals surface area contributed by atoms with Crippen molar-refractivity contribution < 1.29 is 12.8 Å². The molecule has 2 bridgehead atoms. The number of nitrogens with one attached hydrogen (secondary N) is 1. The molecule has 0 radical (unpaired) electrons. The van der Waals surface area contributed by atoms with Crippen LogP contribution >= 0.6 is 24.0 Å². The monoisotopic (exact) mass is 354 g/mol. The fraction of sp³-hybridized carbons (Fsp3) is 0.538. The van der Waals surface area contributed by atoms with Crippen LogP contribution in [-0.2, 0) is 10.0 Å². The third kappa shape index (κ3) is 3.19. The van der Waals surface area contributed by atoms with E-state index in [1.54, 1.807) is 0 Å². The number of sulfonamides is 1. The van der Waals surface area contributed by atoms with Crippen molar-refractivity contribution in [2.24, 2.45) is 0 Å². The Morgan fingerprint density at radius 3 is 2.71 bits per heavy atom. The molecule has 2 atom stereocenters. The van der Waals surface area contributed by atoms with Crippen LogP contribution in [0, 0.1) is 5.82 Å². The smallest absolute Gasteiger partial charge is 0.246 e. The molecule has 21 heavy (non-hydrogen) atoms. The first-order valence-electron chi connectivity index (χ1n) is 6.68. The van der Waals surface area contributed by atoms with Gasteiger partial charge in [0.05, 0.1) is 5.02 Å². The zero-order chi connectivity index (χ0) is 14.3. The van der Waals surface area contributed by atoms with E-state index in [4.69, 9.17) is 11.6 Å². The van der Waals surface area contributed by atoms with Gasteiger partial charge in [-0.2, -0.15) is 4.31 Å². The van der Waals surface area contributed by atoms with Gasteiger partial charge in [-0.1, -0.05) is 17.7 Å². The van der Waals surface area contributed by atoms with Crippen LogP contribution in [-0.4, -0.2) is 37.9 Å². The second-order valence-electron chi connectivity index (χ2n) is 5.34. The SMILES string of the molecule is Cl.O=S(=O)(c1cccc(Cl)c1F)N1CCC2CCC(C1)N2. The first-order chi connectivity index (χ1) is 9.48. The summed E-state index contributed by atoms with van der Waals surface area (Å²) in [6.45, 7) is 0.813. The van der Waals surface area contributed by atoms with E-state index >= 15 is 0 Å². The highest BCUT2D eigenvalue weighted by Gasteiger charge is 2.36. The van der Waals surface area contributed by atoms with Gasteiger partial charge in [0.25, 0.3) is 0 Å². The van der Waals surface area contributed by atoms with E-state index < -0.39 is 15.8 Å². The fourth-order valence-corrected chi connectivity index (χ4v) is 4.77. The Morgan fingerprint density at radius 2 is 1.95 bits per heavy atom. The van der Waals surface area contributed by atoms with E-state index in [9.17, 15) is 12.8 Å². The maximum atomic E-state index is 14.0. The van der Waals surface area contributed by atoms with Crippen LogP contribution in [0.2, 0.25) is 5.02 Å². The third-order valence-electron chi connectivity index (χ3n) is 4.02. The molecular weight excluding hydrogens is 338 g/mol. The summed E-state index contributed by atoms with van der Waals surface area (Å²) in [5, 5.41) is 3.24. The molecule has 0 spiro atoms. The molecule has 0 aliphatic carbocycles. The first kappa shape index (κ1) is 17.0. The molecule has 3 rings (SSSR count). The Bertz CT molecular complexity index is 627. The number of fused-ring (bicyclic) bond motifs is 2. The van der Waals surface area contributed by atoms with Crippen molar-refractivity contribution in [3.8, 4) is 0 Å². The topological polar surface area (TPSA) is 49.4 Å². The Hall–Kier alpha value is -0.400. The van der Waals surface area contributed by atoms with Gasteiger partial charge in [0.15, 0.2) is 5.82 Å². The standard InChI is InChI=1S/C13H16ClFN2O2S.ClH/c14-11-2-1-3-12(13(11)15)20(18,19)17-7-6-9-4-5-10(8-17)16-9;/h1-3,9-10,16H,4-8H2;1H. The van der Waals surface area contributed by atoms with Gasteiger partial charge in [-0.3, -0.25) is 0 Å². The Kier molecular flexibility index (Phi) is 5.15. The van der Waals surface area contributed by atoms with E-state index in [1.807, 2.05) is 0 Å². The molecule has 118 valence electrons. The summed E-state index contributed by atoms with van der Waals surface area (Å²) >= 11 is 5.68. The molecule has 0 saturated carbocycles. The zero-order valence-corrected chi connectivity index (χ0v) is 13.6. The van der Waals surface area contributed by atoms with Crippen LogP contribution in [0.4, 0.5) is 4.39 Å². The summed E-state index contributed by atoms with van der Waals surface area (Å²) < 4.78 is 40.5. The fourth-order valence-electron chi connectivity index (χ4n) is 2.95. The lowest BCUT2D eigenvalue weighted by atomic mass is 10.1. The maximum absolute atomic E-state index is 14.0. The van der Waals surface area contributed by atoms with Gasteiger partial charge < -0.3 is 5.32 Å². The minimum Gasteiger partial charge on any atom is -0.310 e. The minimum absolute atomic E-state index is 0. The predicted octanol–water partition coefficient (Wildman–Crippen LogP) is 2.42. The van der Waals surface area contributed by atoms with Gasteiger partial charge in [-0.25, -0.2) is 12.8 Å². The lowest BCUT2D eigenvalue weighted by molar-refractivity contribution is 0.381. The highest BCUT2D eigenvalue weighted by Crippen LogP contribution is 2.28. The summed E-state index contributed by atoms with van der Waals surface area (Å²) in [7, 11) is -3.83. The van der Waals surface area contributed by atoms with Crippen molar-refractivity contribution in [3.05, 3.63) is 29.0 Å². The lowest BCUT2D eigenvalue weighted by Crippen LogP contribution is -2.39. The van der Waals surface area contributed by atoms with Crippen molar-refractivity contribution in [2.45, 2.75) is 36.2 Å². The number of hydrogen-bond donors (Lipinski definition) is 1. The molecule has 2 heterocycles. The largest absolute Gasteiger partial charge is 0.310 e. The minimum atomic E-state index is -3.83. The molecule has 0 amide bonds. The molecule has 2 saturated heterocycles. The molecule has 1 aromatic rings. The van der Waals surface area contributed by atoms with Gasteiger partial charge in [0.1, 0.15) is 4.90 Å². The number of halogens is 3. The maximum Gasteiger partial charge on any atom is 0.246 e. The average molecular weight is 355 g/mol. The second kappa shape index (κ2) is 6.38. The van der Waals surface area contributed by atoms with Gasteiger partial charge in [-0.05, 0) is 31.4 Å². The van der Waals surface area contributed by atoms with Crippen molar-refractivity contribution in [1.29, 1.82) is 0 Å². The number of nitrogens with zero attached hydrogens (tertiary/aromatic N) is 1. The van der Waals surface area contributed by atoms with E-state index in [0.717, 1.165) is 19.3 Å². The summed E-state index contributed by atoms with van der Waals surface area (Å²) in [6.07, 6.45) is 2.82. The van der Waals surface area contributed by atoms with Gasteiger partial charge in [0.2, 0.25) is 10.0 Å². The first-order valence-corrected chi connectivity index (χ1v) is 8.50. The van der Waals surface area contributed by atoms with Crippen molar-refractivity contribution in [1.82, 2.24) is 9.62 Å². The lowest BCUT2D eigenvalue weighted by Gasteiger charge is -2.24. The van der Waals surface area contributed by atoms with Crippen LogP contribution < -0.4 is 5.32 Å². The number of benzene rings is 1. The van der Waals surface area contributed by atoms with E-state index in [-0.39, 0.29) is 28.4 Å². The molecule has 2 fully saturated rings. The molecule has 2 unspecified atom stereocenters. The van der Waals surface area contributed by atoms with Crippen molar-refractivity contribution in [3.63, 3.8) is 0 Å². The number of rotatable bonds is 2.